The van der Waals surface area contributed by atoms with Gasteiger partial charge in [-0.1, -0.05) is 12.9 Å². The molecule has 114 valence electrons. The van der Waals surface area contributed by atoms with E-state index < -0.39 is 48.1 Å². The molecule has 0 aliphatic carbocycles. The van der Waals surface area contributed by atoms with Gasteiger partial charge in [-0.15, -0.1) is 0 Å². The number of nitrogens with one attached hydrogen (secondary N) is 1. The average molecular weight is 303 g/mol. The lowest BCUT2D eigenvalue weighted by Crippen LogP contribution is -2.13. The zero-order chi connectivity index (χ0) is 15.6. The number of hydrazine groups is 1. The number of benzene rings is 1. The fourth-order valence-electron chi connectivity index (χ4n) is 1.50. The maximum Gasteiger partial charge on any atom is 0.315 e. The van der Waals surface area contributed by atoms with Gasteiger partial charge >= 0.3 is 11.4 Å². The van der Waals surface area contributed by atoms with Crippen molar-refractivity contribution in [2.75, 3.05) is 5.43 Å². The van der Waals surface area contributed by atoms with Crippen molar-refractivity contribution in [2.45, 2.75) is 14.4 Å². The average Bonchev–Trinajstić information content (AvgIpc) is 2.26. The summed E-state index contributed by atoms with van der Waals surface area (Å²) in [6.45, 7) is 0.963. The monoisotopic (exact) mass is 303 g/mol. The molecule has 0 saturated carbocycles. The van der Waals surface area contributed by atoms with Crippen LogP contribution in [-0.4, -0.2) is 19.8 Å². The van der Waals surface area contributed by atoms with Gasteiger partial charge in [0.2, 0.25) is 0 Å². The molecule has 0 unspecified atom stereocenters. The summed E-state index contributed by atoms with van der Waals surface area (Å²) in [6.07, 6.45) is 0. The van der Waals surface area contributed by atoms with Gasteiger partial charge in [-0.25, -0.2) is 10.1 Å². The number of nitro groups is 4. The van der Waals surface area contributed by atoms with Crippen molar-refractivity contribution in [3.05, 3.63) is 52.1 Å². The zero-order valence-corrected chi connectivity index (χ0v) is 9.63. The Balaban J connectivity index is 0.00000400. The zero-order valence-electron chi connectivity index (χ0n) is 9.63. The summed E-state index contributed by atoms with van der Waals surface area (Å²) < 4.78 is 0. The largest absolute Gasteiger partial charge is 0.315 e. The van der Waals surface area contributed by atoms with Crippen LogP contribution >= 0.6 is 0 Å². The van der Waals surface area contributed by atoms with Crippen LogP contribution < -0.4 is 5.43 Å². The summed E-state index contributed by atoms with van der Waals surface area (Å²) >= 11 is 0. The molecule has 13 heteroatoms. The summed E-state index contributed by atoms with van der Waals surface area (Å²) in [6, 6.07) is 0.425. The highest BCUT2D eigenvalue weighted by Gasteiger charge is 2.36. The van der Waals surface area contributed by atoms with Crippen molar-refractivity contribution in [1.82, 2.24) is 0 Å². The standard InChI is InChI=1S/C7H5N5O8.CH4/c1-3-4(9(13)14)2-5(10(15)16)6(8-12(19)20)7(3)11(17)18;/h2,8H,1H3;1H4. The lowest BCUT2D eigenvalue weighted by molar-refractivity contribution is -0.450. The number of anilines is 1. The van der Waals surface area contributed by atoms with Crippen LogP contribution in [0, 0.1) is 47.4 Å². The van der Waals surface area contributed by atoms with Crippen molar-refractivity contribution in [3.63, 3.8) is 0 Å². The molecule has 0 amide bonds. The molecule has 0 spiro atoms. The summed E-state index contributed by atoms with van der Waals surface area (Å²) in [4.78, 5) is 39.3. The van der Waals surface area contributed by atoms with Gasteiger partial charge in [-0.2, -0.15) is 0 Å². The third-order valence-corrected chi connectivity index (χ3v) is 2.28. The Morgan fingerprint density at radius 3 is 1.71 bits per heavy atom. The van der Waals surface area contributed by atoms with Crippen LogP contribution in [0.15, 0.2) is 6.07 Å². The van der Waals surface area contributed by atoms with E-state index in [1.54, 1.807) is 0 Å². The molecule has 0 heterocycles. The van der Waals surface area contributed by atoms with E-state index >= 15 is 0 Å². The second kappa shape index (κ2) is 6.18. The molecule has 21 heavy (non-hydrogen) atoms. The van der Waals surface area contributed by atoms with Gasteiger partial charge in [0.05, 0.1) is 20.8 Å². The summed E-state index contributed by atoms with van der Waals surface area (Å²) in [5.74, 6) is 0. The fourth-order valence-corrected chi connectivity index (χ4v) is 1.50. The molecule has 0 fully saturated rings. The van der Waals surface area contributed by atoms with Crippen molar-refractivity contribution >= 4 is 22.7 Å². The van der Waals surface area contributed by atoms with E-state index in [1.165, 1.54) is 5.43 Å². The maximum absolute atomic E-state index is 10.9. The Morgan fingerprint density at radius 1 is 0.905 bits per heavy atom. The number of nitro benzene ring substituents is 3. The molecular weight excluding hydrogens is 294 g/mol. The van der Waals surface area contributed by atoms with Gasteiger partial charge in [0, 0.05) is 0 Å². The minimum absolute atomic E-state index is 0. The highest BCUT2D eigenvalue weighted by atomic mass is 16.7. The van der Waals surface area contributed by atoms with Crippen molar-refractivity contribution in [3.8, 4) is 0 Å². The van der Waals surface area contributed by atoms with E-state index in [-0.39, 0.29) is 7.43 Å². The van der Waals surface area contributed by atoms with Gasteiger partial charge in [0.25, 0.3) is 11.4 Å². The van der Waals surface area contributed by atoms with Crippen molar-refractivity contribution < 1.29 is 19.8 Å². The van der Waals surface area contributed by atoms with E-state index in [0.29, 0.717) is 6.07 Å². The molecule has 0 radical (unpaired) electrons. The van der Waals surface area contributed by atoms with Crippen LogP contribution in [0.4, 0.5) is 22.7 Å². The van der Waals surface area contributed by atoms with E-state index in [2.05, 4.69) is 0 Å². The topological polar surface area (TPSA) is 185 Å². The summed E-state index contributed by atoms with van der Waals surface area (Å²) in [5.41, 5.74) is -3.33. The molecule has 13 nitrogen and oxygen atoms in total. The van der Waals surface area contributed by atoms with Gasteiger partial charge in [-0.05, 0) is 6.92 Å². The first kappa shape index (κ1) is 17.6. The SMILES string of the molecule is C.Cc1c([N+](=O)[O-])cc([N+](=O)[O-])c(N[N+](=O)[O-])c1[N+](=O)[O-]. The van der Waals surface area contributed by atoms with Crippen LogP contribution in [0.3, 0.4) is 0 Å². The highest BCUT2D eigenvalue weighted by molar-refractivity contribution is 5.79. The predicted molar refractivity (Wildman–Crippen MR) is 68.5 cm³/mol. The molecule has 1 aromatic carbocycles. The lowest BCUT2D eigenvalue weighted by atomic mass is 10.1. The molecule has 0 saturated heterocycles. The normalized spacial score (nSPS) is 9.38. The first-order valence-electron chi connectivity index (χ1n) is 4.68. The number of hydrogen-bond acceptors (Lipinski definition) is 8. The van der Waals surface area contributed by atoms with E-state index in [1.807, 2.05) is 0 Å². The minimum atomic E-state index is -1.24. The third kappa shape index (κ3) is 3.34. The summed E-state index contributed by atoms with van der Waals surface area (Å²) in [5, 5.41) is 41.5. The van der Waals surface area contributed by atoms with Crippen LogP contribution in [0.2, 0.25) is 0 Å². The van der Waals surface area contributed by atoms with Gasteiger partial charge in [-0.3, -0.25) is 30.3 Å². The van der Waals surface area contributed by atoms with Gasteiger partial charge < -0.3 is 0 Å². The maximum atomic E-state index is 10.9. The Kier molecular flexibility index (Phi) is 5.18. The molecule has 1 N–H and O–H groups in total. The third-order valence-electron chi connectivity index (χ3n) is 2.28. The number of rotatable bonds is 5. The molecule has 0 aromatic heterocycles. The Hall–Kier alpha value is -3.38. The molecular formula is C8H9N5O8. The molecule has 0 atom stereocenters. The minimum Gasteiger partial charge on any atom is -0.258 e. The van der Waals surface area contributed by atoms with E-state index in [4.69, 9.17) is 0 Å². The highest BCUT2D eigenvalue weighted by Crippen LogP contribution is 2.41. The quantitative estimate of drug-likeness (QED) is 0.626. The smallest absolute Gasteiger partial charge is 0.258 e. The van der Waals surface area contributed by atoms with Crippen molar-refractivity contribution in [2.24, 2.45) is 0 Å². The first-order valence-corrected chi connectivity index (χ1v) is 4.68. The van der Waals surface area contributed by atoms with Crippen molar-refractivity contribution in [1.29, 1.82) is 0 Å². The number of nitrogens with zero attached hydrogens (tertiary/aromatic N) is 4. The van der Waals surface area contributed by atoms with Gasteiger partial charge in [0.15, 0.2) is 5.03 Å². The second-order valence-electron chi connectivity index (χ2n) is 3.40. The first-order chi connectivity index (χ1) is 9.16. The lowest BCUT2D eigenvalue weighted by Gasteiger charge is -2.04. The predicted octanol–water partition coefficient (Wildman–Crippen LogP) is 1.96. The number of hydrogen-bond donors (Lipinski definition) is 1. The van der Waals surface area contributed by atoms with Crippen LogP contribution in [-0.2, 0) is 0 Å². The van der Waals surface area contributed by atoms with E-state index in [0.717, 1.165) is 6.92 Å². The fraction of sp³-hybridized carbons (Fsp3) is 0.250. The molecule has 0 aliphatic heterocycles. The molecule has 0 aliphatic rings. The second-order valence-corrected chi connectivity index (χ2v) is 3.40. The van der Waals surface area contributed by atoms with Crippen LogP contribution in [0.1, 0.15) is 13.0 Å². The van der Waals surface area contributed by atoms with Crippen LogP contribution in [0.5, 0.6) is 0 Å². The Bertz CT molecular complexity index is 642. The van der Waals surface area contributed by atoms with Gasteiger partial charge in [0.1, 0.15) is 5.56 Å². The molecule has 1 aromatic rings. The van der Waals surface area contributed by atoms with E-state index in [9.17, 15) is 40.5 Å². The Morgan fingerprint density at radius 2 is 1.38 bits per heavy atom. The molecule has 1 rings (SSSR count). The van der Waals surface area contributed by atoms with Crippen LogP contribution in [0.25, 0.3) is 0 Å². The molecule has 0 bridgehead atoms. The Labute approximate surface area is 115 Å². The summed E-state index contributed by atoms with van der Waals surface area (Å²) in [7, 11) is 0.